The fraction of sp³-hybridized carbons (Fsp3) is 0.455. The number of hydrogen-bond acceptors (Lipinski definition) is 6. The normalized spacial score (nSPS) is 25.4. The van der Waals surface area contributed by atoms with E-state index in [1.807, 2.05) is 25.1 Å². The Labute approximate surface area is 179 Å². The average Bonchev–Trinajstić information content (AvgIpc) is 3.06. The fourth-order valence-corrected chi connectivity index (χ4v) is 9.26. The standard InChI is InChI=1S/C22H28N2O4S2/c1-18-7-9-20(10-8-18)30(27,28)22-17-29(25,26)16-21(22)24-13-11-23(12-14-24)15-19-5-3-2-4-6-19/h2-10,21-22H,11-17H2,1H3/t21-,22-/m1/s1. The molecular weight excluding hydrogens is 420 g/mol. The molecule has 2 aliphatic heterocycles. The molecule has 2 aromatic rings. The second kappa shape index (κ2) is 8.42. The summed E-state index contributed by atoms with van der Waals surface area (Å²) in [5.74, 6) is -0.375. The van der Waals surface area contributed by atoms with Crippen LogP contribution in [-0.4, -0.2) is 75.6 Å². The molecule has 0 radical (unpaired) electrons. The van der Waals surface area contributed by atoms with E-state index in [-0.39, 0.29) is 16.4 Å². The Hall–Kier alpha value is -1.74. The number of nitrogens with zero attached hydrogens (tertiary/aromatic N) is 2. The Morgan fingerprint density at radius 3 is 2.17 bits per heavy atom. The van der Waals surface area contributed by atoms with E-state index in [0.29, 0.717) is 13.1 Å². The molecule has 8 heteroatoms. The number of piperazine rings is 1. The summed E-state index contributed by atoms with van der Waals surface area (Å²) in [6.07, 6.45) is 0. The van der Waals surface area contributed by atoms with Crippen molar-refractivity contribution in [2.45, 2.75) is 29.7 Å². The summed E-state index contributed by atoms with van der Waals surface area (Å²) in [4.78, 5) is 4.62. The summed E-state index contributed by atoms with van der Waals surface area (Å²) in [5, 5.41) is -0.911. The van der Waals surface area contributed by atoms with Crippen LogP contribution in [0.4, 0.5) is 0 Å². The lowest BCUT2D eigenvalue weighted by Gasteiger charge is -2.39. The highest BCUT2D eigenvalue weighted by Gasteiger charge is 2.48. The zero-order valence-electron chi connectivity index (χ0n) is 17.1. The number of benzene rings is 2. The topological polar surface area (TPSA) is 74.8 Å². The maximum atomic E-state index is 13.3. The summed E-state index contributed by atoms with van der Waals surface area (Å²) in [7, 11) is -7.11. The van der Waals surface area contributed by atoms with E-state index in [1.165, 1.54) is 5.56 Å². The number of hydrogen-bond donors (Lipinski definition) is 0. The lowest BCUT2D eigenvalue weighted by atomic mass is 10.1. The Morgan fingerprint density at radius 2 is 1.53 bits per heavy atom. The van der Waals surface area contributed by atoms with Crippen LogP contribution in [0.2, 0.25) is 0 Å². The van der Waals surface area contributed by atoms with Crippen LogP contribution in [0.5, 0.6) is 0 Å². The molecule has 30 heavy (non-hydrogen) atoms. The zero-order valence-corrected chi connectivity index (χ0v) is 18.8. The van der Waals surface area contributed by atoms with E-state index in [9.17, 15) is 16.8 Å². The van der Waals surface area contributed by atoms with Gasteiger partial charge in [-0.1, -0.05) is 48.0 Å². The molecule has 0 saturated carbocycles. The van der Waals surface area contributed by atoms with E-state index in [4.69, 9.17) is 0 Å². The van der Waals surface area contributed by atoms with E-state index in [2.05, 4.69) is 21.9 Å². The summed E-state index contributed by atoms with van der Waals surface area (Å²) in [6.45, 7) is 5.68. The number of aryl methyl sites for hydroxylation is 1. The molecule has 0 aromatic heterocycles. The van der Waals surface area contributed by atoms with Crippen LogP contribution in [0.15, 0.2) is 59.5 Å². The molecule has 2 atom stereocenters. The molecule has 0 bridgehead atoms. The van der Waals surface area contributed by atoms with Crippen LogP contribution in [0, 0.1) is 6.92 Å². The van der Waals surface area contributed by atoms with Gasteiger partial charge in [-0.3, -0.25) is 9.80 Å². The van der Waals surface area contributed by atoms with Gasteiger partial charge >= 0.3 is 0 Å². The van der Waals surface area contributed by atoms with E-state index >= 15 is 0 Å². The van der Waals surface area contributed by atoms with Crippen molar-refractivity contribution in [2.24, 2.45) is 0 Å². The van der Waals surface area contributed by atoms with Crippen molar-refractivity contribution in [1.29, 1.82) is 0 Å². The molecule has 0 aliphatic carbocycles. The third-order valence-electron chi connectivity index (χ3n) is 6.15. The van der Waals surface area contributed by atoms with Gasteiger partial charge in [-0.05, 0) is 24.6 Å². The smallest absolute Gasteiger partial charge is 0.183 e. The molecule has 0 amide bonds. The largest absolute Gasteiger partial charge is 0.297 e. The van der Waals surface area contributed by atoms with Gasteiger partial charge in [0, 0.05) is 38.8 Å². The lowest BCUT2D eigenvalue weighted by molar-refractivity contribution is 0.101. The molecule has 162 valence electrons. The molecule has 0 unspecified atom stereocenters. The molecule has 2 heterocycles. The van der Waals surface area contributed by atoms with E-state index in [0.717, 1.165) is 25.2 Å². The SMILES string of the molecule is Cc1ccc(S(=O)(=O)[C@@H]2CS(=O)(=O)C[C@H]2N2CCN(Cc3ccccc3)CC2)cc1. The maximum Gasteiger partial charge on any atom is 0.183 e. The third-order valence-corrected chi connectivity index (χ3v) is 10.3. The first kappa shape index (κ1) is 21.5. The van der Waals surface area contributed by atoms with Gasteiger partial charge in [-0.15, -0.1) is 0 Å². The highest BCUT2D eigenvalue weighted by atomic mass is 32.2. The molecule has 2 fully saturated rings. The van der Waals surface area contributed by atoms with Crippen molar-refractivity contribution in [2.75, 3.05) is 37.7 Å². The maximum absolute atomic E-state index is 13.3. The average molecular weight is 449 g/mol. The highest BCUT2D eigenvalue weighted by Crippen LogP contribution is 2.30. The monoisotopic (exact) mass is 448 g/mol. The minimum absolute atomic E-state index is 0.0819. The van der Waals surface area contributed by atoms with Crippen LogP contribution >= 0.6 is 0 Å². The first-order chi connectivity index (χ1) is 14.2. The Morgan fingerprint density at radius 1 is 0.900 bits per heavy atom. The van der Waals surface area contributed by atoms with Crippen LogP contribution in [-0.2, 0) is 26.2 Å². The van der Waals surface area contributed by atoms with Crippen LogP contribution in [0.1, 0.15) is 11.1 Å². The number of sulfone groups is 2. The summed E-state index contributed by atoms with van der Waals surface area (Å²) in [6, 6.07) is 16.4. The first-order valence-electron chi connectivity index (χ1n) is 10.3. The zero-order chi connectivity index (χ0) is 21.4. The quantitative estimate of drug-likeness (QED) is 0.694. The van der Waals surface area contributed by atoms with Crippen molar-refractivity contribution in [1.82, 2.24) is 9.80 Å². The molecule has 6 nitrogen and oxygen atoms in total. The van der Waals surface area contributed by atoms with Gasteiger partial charge in [0.1, 0.15) is 0 Å². The van der Waals surface area contributed by atoms with Gasteiger partial charge in [-0.2, -0.15) is 0 Å². The van der Waals surface area contributed by atoms with Gasteiger partial charge < -0.3 is 0 Å². The summed E-state index contributed by atoms with van der Waals surface area (Å²) >= 11 is 0. The predicted molar refractivity (Wildman–Crippen MR) is 118 cm³/mol. The third kappa shape index (κ3) is 4.61. The van der Waals surface area contributed by atoms with Crippen molar-refractivity contribution in [3.8, 4) is 0 Å². The van der Waals surface area contributed by atoms with Crippen LogP contribution in [0.3, 0.4) is 0 Å². The first-order valence-corrected chi connectivity index (χ1v) is 13.6. The second-order valence-corrected chi connectivity index (χ2v) is 12.7. The fourth-order valence-electron chi connectivity index (χ4n) is 4.43. The molecule has 2 saturated heterocycles. The van der Waals surface area contributed by atoms with Crippen LogP contribution in [0.25, 0.3) is 0 Å². The van der Waals surface area contributed by atoms with Crippen molar-refractivity contribution >= 4 is 19.7 Å². The Kier molecular flexibility index (Phi) is 6.03. The Bertz CT molecular complexity index is 1080. The minimum Gasteiger partial charge on any atom is -0.297 e. The van der Waals surface area contributed by atoms with Gasteiger partial charge in [0.05, 0.1) is 21.7 Å². The predicted octanol–water partition coefficient (Wildman–Crippen LogP) is 1.75. The summed E-state index contributed by atoms with van der Waals surface area (Å²) in [5.41, 5.74) is 2.22. The molecule has 0 spiro atoms. The molecule has 2 aliphatic rings. The van der Waals surface area contributed by atoms with Crippen molar-refractivity contribution in [3.63, 3.8) is 0 Å². The highest BCUT2D eigenvalue weighted by molar-refractivity contribution is 7.96. The van der Waals surface area contributed by atoms with Gasteiger partial charge in [0.2, 0.25) is 0 Å². The molecular formula is C22H28N2O4S2. The van der Waals surface area contributed by atoms with Gasteiger partial charge in [0.25, 0.3) is 0 Å². The van der Waals surface area contributed by atoms with Gasteiger partial charge in [0.15, 0.2) is 19.7 Å². The second-order valence-electron chi connectivity index (χ2n) is 8.34. The van der Waals surface area contributed by atoms with Crippen molar-refractivity contribution < 1.29 is 16.8 Å². The lowest BCUT2D eigenvalue weighted by Crippen LogP contribution is -2.54. The van der Waals surface area contributed by atoms with E-state index in [1.54, 1.807) is 24.3 Å². The number of rotatable bonds is 5. The molecule has 0 N–H and O–H groups in total. The minimum atomic E-state index is -3.72. The van der Waals surface area contributed by atoms with Crippen molar-refractivity contribution in [3.05, 3.63) is 65.7 Å². The van der Waals surface area contributed by atoms with Crippen LogP contribution < -0.4 is 0 Å². The molecule has 4 rings (SSSR count). The molecule has 2 aromatic carbocycles. The van der Waals surface area contributed by atoms with Gasteiger partial charge in [-0.25, -0.2) is 16.8 Å². The van der Waals surface area contributed by atoms with E-state index < -0.39 is 31.0 Å². The summed E-state index contributed by atoms with van der Waals surface area (Å²) < 4.78 is 51.4. The Balaban J connectivity index is 1.49.